The van der Waals surface area contributed by atoms with Gasteiger partial charge >= 0.3 is 0 Å². The molecular formula is C15H23N. The molecule has 1 fully saturated rings. The lowest BCUT2D eigenvalue weighted by molar-refractivity contribution is 0.195. The van der Waals surface area contributed by atoms with Crippen LogP contribution in [0.5, 0.6) is 0 Å². The molecule has 1 aromatic rings. The highest BCUT2D eigenvalue weighted by Crippen LogP contribution is 2.44. The van der Waals surface area contributed by atoms with E-state index in [1.165, 1.54) is 43.5 Å². The van der Waals surface area contributed by atoms with Crippen molar-refractivity contribution in [2.45, 2.75) is 45.6 Å². The summed E-state index contributed by atoms with van der Waals surface area (Å²) in [4.78, 5) is 2.63. The second-order valence-electron chi connectivity index (χ2n) is 5.06. The van der Waals surface area contributed by atoms with Crippen LogP contribution in [-0.2, 0) is 6.42 Å². The number of aryl methyl sites for hydroxylation is 1. The van der Waals surface area contributed by atoms with Crippen LogP contribution >= 0.6 is 0 Å². The average molecular weight is 217 g/mol. The molecule has 0 amide bonds. The molecule has 1 aromatic carbocycles. The van der Waals surface area contributed by atoms with E-state index in [0.717, 1.165) is 0 Å². The highest BCUT2D eigenvalue weighted by Gasteiger charge is 2.46. The highest BCUT2D eigenvalue weighted by molar-refractivity contribution is 5.25. The maximum absolute atomic E-state index is 2.63. The zero-order valence-electron chi connectivity index (χ0n) is 10.8. The first-order valence-corrected chi connectivity index (χ1v) is 6.51. The van der Waals surface area contributed by atoms with E-state index in [9.17, 15) is 0 Å². The largest absolute Gasteiger partial charge is 0.298 e. The van der Waals surface area contributed by atoms with Crippen molar-refractivity contribution >= 4 is 0 Å². The molecule has 1 heteroatoms. The number of benzene rings is 1. The van der Waals surface area contributed by atoms with Gasteiger partial charge in [-0.1, -0.05) is 43.7 Å². The zero-order chi connectivity index (χ0) is 11.6. The van der Waals surface area contributed by atoms with Gasteiger partial charge in [0.15, 0.2) is 0 Å². The molecule has 1 aliphatic carbocycles. The van der Waals surface area contributed by atoms with Gasteiger partial charge in [0, 0.05) is 5.54 Å². The maximum atomic E-state index is 2.63. The third-order valence-corrected chi connectivity index (χ3v) is 3.92. The van der Waals surface area contributed by atoms with Crippen molar-refractivity contribution in [3.63, 3.8) is 0 Å². The van der Waals surface area contributed by atoms with Crippen molar-refractivity contribution in [3.05, 3.63) is 35.4 Å². The molecule has 0 spiro atoms. The van der Waals surface area contributed by atoms with Gasteiger partial charge in [-0.3, -0.25) is 4.90 Å². The molecule has 1 nitrogen and oxygen atoms in total. The molecule has 0 heterocycles. The predicted molar refractivity (Wildman–Crippen MR) is 69.8 cm³/mol. The first kappa shape index (κ1) is 11.7. The normalized spacial score (nSPS) is 17.8. The van der Waals surface area contributed by atoms with E-state index in [1.54, 1.807) is 0 Å². The molecule has 0 aliphatic heterocycles. The lowest BCUT2D eigenvalue weighted by Gasteiger charge is -2.30. The molecule has 2 rings (SSSR count). The second-order valence-corrected chi connectivity index (χ2v) is 5.06. The fourth-order valence-electron chi connectivity index (χ4n) is 2.73. The Morgan fingerprint density at radius 1 is 1.06 bits per heavy atom. The van der Waals surface area contributed by atoms with E-state index in [4.69, 9.17) is 0 Å². The van der Waals surface area contributed by atoms with Gasteiger partial charge in [-0.15, -0.1) is 0 Å². The third kappa shape index (κ3) is 2.30. The fourth-order valence-corrected chi connectivity index (χ4v) is 2.73. The van der Waals surface area contributed by atoms with Crippen molar-refractivity contribution in [1.82, 2.24) is 4.90 Å². The van der Waals surface area contributed by atoms with Gasteiger partial charge in [0.1, 0.15) is 0 Å². The van der Waals surface area contributed by atoms with Crippen LogP contribution < -0.4 is 0 Å². The molecule has 0 aromatic heterocycles. The van der Waals surface area contributed by atoms with Crippen molar-refractivity contribution in [2.75, 3.05) is 13.1 Å². The number of hydrogen-bond donors (Lipinski definition) is 0. The van der Waals surface area contributed by atoms with Gasteiger partial charge in [-0.05, 0) is 44.8 Å². The standard InChI is InChI=1S/C15H23N/c1-4-16(5-2)15(10-11-15)12-14-8-6-13(3)7-9-14/h6-9H,4-5,10-12H2,1-3H3. The van der Waals surface area contributed by atoms with Gasteiger partial charge < -0.3 is 0 Å². The van der Waals surface area contributed by atoms with E-state index in [2.05, 4.69) is 49.9 Å². The Morgan fingerprint density at radius 2 is 1.62 bits per heavy atom. The minimum absolute atomic E-state index is 0.499. The van der Waals surface area contributed by atoms with Crippen molar-refractivity contribution in [3.8, 4) is 0 Å². The Hall–Kier alpha value is -0.820. The zero-order valence-corrected chi connectivity index (χ0v) is 10.8. The van der Waals surface area contributed by atoms with Crippen LogP contribution in [0.2, 0.25) is 0 Å². The van der Waals surface area contributed by atoms with Crippen LogP contribution in [-0.4, -0.2) is 23.5 Å². The van der Waals surface area contributed by atoms with Crippen LogP contribution in [0, 0.1) is 6.92 Å². The van der Waals surface area contributed by atoms with Crippen LogP contribution in [0.4, 0.5) is 0 Å². The molecular weight excluding hydrogens is 194 g/mol. The number of hydrogen-bond acceptors (Lipinski definition) is 1. The minimum atomic E-state index is 0.499. The van der Waals surface area contributed by atoms with Crippen LogP contribution in [0.1, 0.15) is 37.8 Å². The van der Waals surface area contributed by atoms with Gasteiger partial charge in [0.25, 0.3) is 0 Å². The maximum Gasteiger partial charge on any atom is 0.0251 e. The van der Waals surface area contributed by atoms with Crippen LogP contribution in [0.3, 0.4) is 0 Å². The molecule has 0 radical (unpaired) electrons. The molecule has 16 heavy (non-hydrogen) atoms. The second kappa shape index (κ2) is 4.58. The summed E-state index contributed by atoms with van der Waals surface area (Å²) < 4.78 is 0. The molecule has 1 aliphatic rings. The van der Waals surface area contributed by atoms with Gasteiger partial charge in [0.05, 0.1) is 0 Å². The molecule has 0 atom stereocenters. The molecule has 1 saturated carbocycles. The first-order valence-electron chi connectivity index (χ1n) is 6.51. The summed E-state index contributed by atoms with van der Waals surface area (Å²) in [6, 6.07) is 9.04. The summed E-state index contributed by atoms with van der Waals surface area (Å²) in [5, 5.41) is 0. The topological polar surface area (TPSA) is 3.24 Å². The summed E-state index contributed by atoms with van der Waals surface area (Å²) in [6.07, 6.45) is 3.99. The van der Waals surface area contributed by atoms with Crippen molar-refractivity contribution in [1.29, 1.82) is 0 Å². The van der Waals surface area contributed by atoms with E-state index in [0.29, 0.717) is 5.54 Å². The monoisotopic (exact) mass is 217 g/mol. The summed E-state index contributed by atoms with van der Waals surface area (Å²) in [5.74, 6) is 0. The Bertz CT molecular complexity index is 331. The van der Waals surface area contributed by atoms with Crippen LogP contribution in [0.15, 0.2) is 24.3 Å². The Labute approximate surface area is 99.5 Å². The van der Waals surface area contributed by atoms with Gasteiger partial charge in [0.2, 0.25) is 0 Å². The molecule has 88 valence electrons. The Morgan fingerprint density at radius 3 is 2.06 bits per heavy atom. The third-order valence-electron chi connectivity index (χ3n) is 3.92. The number of nitrogens with zero attached hydrogens (tertiary/aromatic N) is 1. The molecule has 0 N–H and O–H groups in total. The van der Waals surface area contributed by atoms with E-state index < -0.39 is 0 Å². The number of rotatable bonds is 5. The molecule has 0 bridgehead atoms. The Balaban J connectivity index is 2.06. The quantitative estimate of drug-likeness (QED) is 0.730. The van der Waals surface area contributed by atoms with E-state index in [-0.39, 0.29) is 0 Å². The smallest absolute Gasteiger partial charge is 0.0251 e. The summed E-state index contributed by atoms with van der Waals surface area (Å²) in [5.41, 5.74) is 3.35. The average Bonchev–Trinajstić information content (AvgIpc) is 3.04. The lowest BCUT2D eigenvalue weighted by atomic mass is 10.0. The summed E-state index contributed by atoms with van der Waals surface area (Å²) in [7, 11) is 0. The van der Waals surface area contributed by atoms with E-state index >= 15 is 0 Å². The first-order chi connectivity index (χ1) is 7.70. The van der Waals surface area contributed by atoms with Crippen molar-refractivity contribution < 1.29 is 0 Å². The summed E-state index contributed by atoms with van der Waals surface area (Å²) in [6.45, 7) is 9.07. The van der Waals surface area contributed by atoms with Gasteiger partial charge in [-0.2, -0.15) is 0 Å². The fraction of sp³-hybridized carbons (Fsp3) is 0.600. The Kier molecular flexibility index (Phi) is 3.34. The summed E-state index contributed by atoms with van der Waals surface area (Å²) >= 11 is 0. The number of likely N-dealkylation sites (N-methyl/N-ethyl adjacent to an activating group) is 1. The minimum Gasteiger partial charge on any atom is -0.298 e. The van der Waals surface area contributed by atoms with E-state index in [1.807, 2.05) is 0 Å². The van der Waals surface area contributed by atoms with Crippen molar-refractivity contribution in [2.24, 2.45) is 0 Å². The SMILES string of the molecule is CCN(CC)C1(Cc2ccc(C)cc2)CC1. The van der Waals surface area contributed by atoms with Gasteiger partial charge in [-0.25, -0.2) is 0 Å². The highest BCUT2D eigenvalue weighted by atomic mass is 15.2. The molecule has 0 saturated heterocycles. The van der Waals surface area contributed by atoms with Crippen LogP contribution in [0.25, 0.3) is 0 Å². The lowest BCUT2D eigenvalue weighted by Crippen LogP contribution is -2.38. The predicted octanol–water partition coefficient (Wildman–Crippen LogP) is 3.41. The molecule has 0 unspecified atom stereocenters.